The summed E-state index contributed by atoms with van der Waals surface area (Å²) in [5.41, 5.74) is 3.44. The molecule has 0 radical (unpaired) electrons. The topological polar surface area (TPSA) is 38.0 Å². The number of halogens is 1. The molecule has 2 rings (SSSR count). The van der Waals surface area contributed by atoms with Crippen LogP contribution < -0.4 is 0 Å². The van der Waals surface area contributed by atoms with E-state index in [1.54, 1.807) is 4.68 Å². The fourth-order valence-corrected chi connectivity index (χ4v) is 2.39. The number of hydrogen-bond donors (Lipinski definition) is 1. The molecule has 0 amide bonds. The number of benzene rings is 1. The highest BCUT2D eigenvalue weighted by atomic mass is 35.5. The van der Waals surface area contributed by atoms with Crippen LogP contribution in [0.1, 0.15) is 37.6 Å². The van der Waals surface area contributed by atoms with Crippen molar-refractivity contribution in [1.82, 2.24) is 9.78 Å². The lowest BCUT2D eigenvalue weighted by molar-refractivity contribution is 0.278. The molecule has 0 bridgehead atoms. The Kier molecular flexibility index (Phi) is 3.70. The number of aryl methyl sites for hydroxylation is 1. The average Bonchev–Trinajstić information content (AvgIpc) is 2.66. The van der Waals surface area contributed by atoms with Gasteiger partial charge in [0.05, 0.1) is 18.0 Å². The van der Waals surface area contributed by atoms with Crippen molar-refractivity contribution in [3.8, 4) is 5.69 Å². The molecule has 4 heteroatoms. The Balaban J connectivity index is 2.63. The van der Waals surface area contributed by atoms with Gasteiger partial charge in [-0.1, -0.05) is 44.5 Å². The van der Waals surface area contributed by atoms with Gasteiger partial charge in [0.1, 0.15) is 5.15 Å². The minimum atomic E-state index is -0.156. The molecule has 2 aromatic rings. The first-order chi connectivity index (χ1) is 8.84. The van der Waals surface area contributed by atoms with E-state index in [9.17, 15) is 5.11 Å². The largest absolute Gasteiger partial charge is 0.391 e. The number of aliphatic hydroxyl groups is 1. The lowest BCUT2D eigenvalue weighted by Crippen LogP contribution is -2.15. The van der Waals surface area contributed by atoms with Crippen molar-refractivity contribution >= 4 is 11.6 Å². The van der Waals surface area contributed by atoms with Gasteiger partial charge in [-0.05, 0) is 24.6 Å². The molecule has 19 heavy (non-hydrogen) atoms. The van der Waals surface area contributed by atoms with E-state index in [1.807, 2.05) is 31.2 Å². The van der Waals surface area contributed by atoms with Gasteiger partial charge in [-0.3, -0.25) is 0 Å². The van der Waals surface area contributed by atoms with Crippen molar-refractivity contribution in [3.63, 3.8) is 0 Å². The zero-order chi connectivity index (χ0) is 14.2. The first kappa shape index (κ1) is 14.1. The average molecular weight is 279 g/mol. The minimum Gasteiger partial charge on any atom is -0.391 e. The molecule has 0 aliphatic heterocycles. The number of aromatic nitrogens is 2. The molecule has 0 aliphatic rings. The van der Waals surface area contributed by atoms with Crippen LogP contribution in [0.3, 0.4) is 0 Å². The molecule has 0 spiro atoms. The van der Waals surface area contributed by atoms with Gasteiger partial charge in [-0.2, -0.15) is 5.10 Å². The Hall–Kier alpha value is -1.32. The van der Waals surface area contributed by atoms with Crippen LogP contribution in [0.15, 0.2) is 24.3 Å². The second-order valence-electron chi connectivity index (χ2n) is 5.78. The van der Waals surface area contributed by atoms with Crippen molar-refractivity contribution < 1.29 is 5.11 Å². The van der Waals surface area contributed by atoms with Gasteiger partial charge in [0.2, 0.25) is 0 Å². The van der Waals surface area contributed by atoms with Gasteiger partial charge < -0.3 is 5.11 Å². The summed E-state index contributed by atoms with van der Waals surface area (Å²) in [5, 5.41) is 14.6. The fourth-order valence-electron chi connectivity index (χ4n) is 2.10. The number of rotatable bonds is 2. The summed E-state index contributed by atoms with van der Waals surface area (Å²) in [6.45, 7) is 8.11. The lowest BCUT2D eigenvalue weighted by Gasteiger charge is -2.16. The Morgan fingerprint density at radius 2 is 2.00 bits per heavy atom. The van der Waals surface area contributed by atoms with Crippen LogP contribution in [0.2, 0.25) is 5.15 Å². The monoisotopic (exact) mass is 278 g/mol. The number of hydrogen-bond acceptors (Lipinski definition) is 2. The molecule has 0 fully saturated rings. The summed E-state index contributed by atoms with van der Waals surface area (Å²) in [4.78, 5) is 0. The van der Waals surface area contributed by atoms with Crippen LogP contribution in [0.5, 0.6) is 0 Å². The predicted molar refractivity (Wildman–Crippen MR) is 77.9 cm³/mol. The van der Waals surface area contributed by atoms with Crippen molar-refractivity contribution in [2.24, 2.45) is 0 Å². The molecule has 1 heterocycles. The smallest absolute Gasteiger partial charge is 0.138 e. The van der Waals surface area contributed by atoms with E-state index in [4.69, 9.17) is 11.6 Å². The number of nitrogens with zero attached hydrogens (tertiary/aromatic N) is 2. The van der Waals surface area contributed by atoms with Crippen LogP contribution in [0.25, 0.3) is 5.69 Å². The molecule has 1 aromatic carbocycles. The molecule has 1 aromatic heterocycles. The highest BCUT2D eigenvalue weighted by Gasteiger charge is 2.26. The Labute approximate surface area is 118 Å². The first-order valence-electron chi connectivity index (χ1n) is 6.30. The van der Waals surface area contributed by atoms with Crippen molar-refractivity contribution in [3.05, 3.63) is 46.2 Å². The van der Waals surface area contributed by atoms with Gasteiger partial charge in [-0.25, -0.2) is 4.68 Å². The maximum atomic E-state index is 9.54. The quantitative estimate of drug-likeness (QED) is 0.911. The Bertz CT molecular complexity index is 597. The second-order valence-corrected chi connectivity index (χ2v) is 6.13. The van der Waals surface area contributed by atoms with Crippen LogP contribution >= 0.6 is 11.6 Å². The summed E-state index contributed by atoms with van der Waals surface area (Å²) in [6, 6.07) is 7.97. The van der Waals surface area contributed by atoms with Gasteiger partial charge in [-0.15, -0.1) is 0 Å². The summed E-state index contributed by atoms with van der Waals surface area (Å²) in [5.74, 6) is 0. The normalized spacial score (nSPS) is 11.9. The van der Waals surface area contributed by atoms with Crippen LogP contribution in [-0.2, 0) is 12.0 Å². The molecular weight excluding hydrogens is 260 g/mol. The molecule has 3 nitrogen and oxygen atoms in total. The molecule has 0 saturated heterocycles. The van der Waals surface area contributed by atoms with E-state index >= 15 is 0 Å². The second kappa shape index (κ2) is 4.99. The van der Waals surface area contributed by atoms with E-state index in [1.165, 1.54) is 0 Å². The van der Waals surface area contributed by atoms with E-state index in [0.29, 0.717) is 10.7 Å². The molecule has 1 N–H and O–H groups in total. The van der Waals surface area contributed by atoms with Crippen molar-refractivity contribution in [2.75, 3.05) is 0 Å². The summed E-state index contributed by atoms with van der Waals surface area (Å²) in [7, 11) is 0. The van der Waals surface area contributed by atoms with Crippen LogP contribution in [-0.4, -0.2) is 14.9 Å². The van der Waals surface area contributed by atoms with E-state index in [-0.39, 0.29) is 12.0 Å². The van der Waals surface area contributed by atoms with E-state index in [0.717, 1.165) is 16.9 Å². The van der Waals surface area contributed by atoms with Gasteiger partial charge in [0, 0.05) is 11.0 Å². The SMILES string of the molecule is Cc1cccc(-n2nc(C(C)(C)C)c(CO)c2Cl)c1. The molecule has 0 atom stereocenters. The molecular formula is C15H19ClN2O. The third kappa shape index (κ3) is 2.67. The summed E-state index contributed by atoms with van der Waals surface area (Å²) < 4.78 is 1.70. The lowest BCUT2D eigenvalue weighted by atomic mass is 9.90. The molecule has 102 valence electrons. The molecule has 0 aliphatic carbocycles. The van der Waals surface area contributed by atoms with Gasteiger partial charge in [0.15, 0.2) is 0 Å². The first-order valence-corrected chi connectivity index (χ1v) is 6.68. The van der Waals surface area contributed by atoms with Crippen LogP contribution in [0, 0.1) is 6.92 Å². The summed E-state index contributed by atoms with van der Waals surface area (Å²) in [6.07, 6.45) is 0. The van der Waals surface area contributed by atoms with Crippen molar-refractivity contribution in [1.29, 1.82) is 0 Å². The van der Waals surface area contributed by atoms with E-state index < -0.39 is 0 Å². The zero-order valence-corrected chi connectivity index (χ0v) is 12.5. The Morgan fingerprint density at radius 1 is 1.32 bits per heavy atom. The van der Waals surface area contributed by atoms with Crippen molar-refractivity contribution in [2.45, 2.75) is 39.7 Å². The van der Waals surface area contributed by atoms with Gasteiger partial charge in [0.25, 0.3) is 0 Å². The maximum Gasteiger partial charge on any atom is 0.138 e. The third-order valence-corrected chi connectivity index (χ3v) is 3.42. The van der Waals surface area contributed by atoms with Gasteiger partial charge >= 0.3 is 0 Å². The Morgan fingerprint density at radius 3 is 2.47 bits per heavy atom. The van der Waals surface area contributed by atoms with E-state index in [2.05, 4.69) is 25.9 Å². The standard InChI is InChI=1S/C15H19ClN2O/c1-10-6-5-7-11(8-10)18-14(16)12(9-19)13(17-18)15(2,3)4/h5-8,19H,9H2,1-4H3. The summed E-state index contributed by atoms with van der Waals surface area (Å²) >= 11 is 6.36. The zero-order valence-electron chi connectivity index (χ0n) is 11.7. The van der Waals surface area contributed by atoms with Crippen LogP contribution in [0.4, 0.5) is 0 Å². The highest BCUT2D eigenvalue weighted by Crippen LogP contribution is 2.31. The fraction of sp³-hybridized carbons (Fsp3) is 0.400. The maximum absolute atomic E-state index is 9.54. The molecule has 0 saturated carbocycles. The minimum absolute atomic E-state index is 0.0999. The highest BCUT2D eigenvalue weighted by molar-refractivity contribution is 6.30. The predicted octanol–water partition coefficient (Wildman–Crippen LogP) is 3.62. The third-order valence-electron chi connectivity index (χ3n) is 3.04. The number of aliphatic hydroxyl groups excluding tert-OH is 1. The molecule has 0 unspecified atom stereocenters.